The first-order valence-electron chi connectivity index (χ1n) is 4.48. The summed E-state index contributed by atoms with van der Waals surface area (Å²) in [5.74, 6) is 0.575. The summed E-state index contributed by atoms with van der Waals surface area (Å²) >= 11 is 4.73. The van der Waals surface area contributed by atoms with Crippen molar-refractivity contribution in [1.82, 2.24) is 15.3 Å². The fraction of sp³-hybridized carbons (Fsp3) is 0.250. The van der Waals surface area contributed by atoms with E-state index in [1.165, 1.54) is 12.4 Å². The number of nitrogens with two attached hydrogens (primary N) is 2. The zero-order chi connectivity index (χ0) is 12.0. The molecule has 86 valence electrons. The lowest BCUT2D eigenvalue weighted by atomic mass is 10.4. The molecule has 0 spiro atoms. The average Bonchev–Trinajstić information content (AvgIpc) is 2.25. The lowest BCUT2D eigenvalue weighted by Crippen LogP contribution is -2.33. The molecule has 1 aromatic rings. The summed E-state index contributed by atoms with van der Waals surface area (Å²) in [5, 5.41) is 5.37. The Labute approximate surface area is 97.6 Å². The molecular formula is C8H12N6OS. The van der Waals surface area contributed by atoms with Crippen molar-refractivity contribution in [2.75, 3.05) is 18.4 Å². The Morgan fingerprint density at radius 1 is 1.31 bits per heavy atom. The maximum atomic E-state index is 10.4. The van der Waals surface area contributed by atoms with Crippen LogP contribution in [0.25, 0.3) is 0 Å². The molecule has 0 atom stereocenters. The van der Waals surface area contributed by atoms with Gasteiger partial charge in [-0.2, -0.15) is 0 Å². The Bertz CT molecular complexity index is 379. The van der Waals surface area contributed by atoms with E-state index in [-0.39, 0.29) is 4.99 Å². The van der Waals surface area contributed by atoms with Crippen LogP contribution in [0.15, 0.2) is 12.4 Å². The summed E-state index contributed by atoms with van der Waals surface area (Å²) in [7, 11) is 0. The van der Waals surface area contributed by atoms with Crippen molar-refractivity contribution in [3.63, 3.8) is 0 Å². The van der Waals surface area contributed by atoms with Gasteiger partial charge in [0, 0.05) is 13.1 Å². The van der Waals surface area contributed by atoms with Crippen molar-refractivity contribution in [3.05, 3.63) is 18.1 Å². The van der Waals surface area contributed by atoms with Crippen LogP contribution in [0.4, 0.5) is 10.6 Å². The van der Waals surface area contributed by atoms with Gasteiger partial charge in [-0.25, -0.2) is 14.8 Å². The molecule has 0 saturated heterocycles. The van der Waals surface area contributed by atoms with Crippen molar-refractivity contribution < 1.29 is 4.79 Å². The number of rotatable bonds is 5. The molecule has 0 aliphatic rings. The molecule has 0 bridgehead atoms. The van der Waals surface area contributed by atoms with E-state index in [0.717, 1.165) is 0 Å². The van der Waals surface area contributed by atoms with Gasteiger partial charge in [0.1, 0.15) is 16.5 Å². The molecule has 16 heavy (non-hydrogen) atoms. The number of aromatic nitrogens is 2. The summed E-state index contributed by atoms with van der Waals surface area (Å²) in [6, 6.07) is -0.559. The zero-order valence-electron chi connectivity index (χ0n) is 8.43. The van der Waals surface area contributed by atoms with Crippen LogP contribution >= 0.6 is 12.2 Å². The summed E-state index contributed by atoms with van der Waals surface area (Å²) in [5.41, 5.74) is 10.7. The highest BCUT2D eigenvalue weighted by molar-refractivity contribution is 7.80. The first-order valence-corrected chi connectivity index (χ1v) is 4.89. The number of urea groups is 1. The number of amides is 2. The van der Waals surface area contributed by atoms with Gasteiger partial charge in [0.25, 0.3) is 0 Å². The molecule has 0 fully saturated rings. The summed E-state index contributed by atoms with van der Waals surface area (Å²) in [6.07, 6.45) is 2.99. The third kappa shape index (κ3) is 4.05. The molecule has 1 aromatic heterocycles. The van der Waals surface area contributed by atoms with E-state index in [2.05, 4.69) is 20.6 Å². The lowest BCUT2D eigenvalue weighted by Gasteiger charge is -2.05. The van der Waals surface area contributed by atoms with Gasteiger partial charge in [0.2, 0.25) is 0 Å². The molecular weight excluding hydrogens is 228 g/mol. The smallest absolute Gasteiger partial charge is 0.312 e. The van der Waals surface area contributed by atoms with Crippen LogP contribution in [0.5, 0.6) is 0 Å². The molecule has 6 N–H and O–H groups in total. The first-order chi connectivity index (χ1) is 7.59. The maximum Gasteiger partial charge on any atom is 0.312 e. The fourth-order valence-corrected chi connectivity index (χ4v) is 1.03. The fourth-order valence-electron chi connectivity index (χ4n) is 0.923. The quantitative estimate of drug-likeness (QED) is 0.395. The standard InChI is InChI=1S/C8H12N6OS/c9-7(16)5-3-14-6(4-13-5)11-1-2-12-8(10)15/h3-4H,1-2H2,(H2,9,16)(H,11,14)(H3,10,12,15). The van der Waals surface area contributed by atoms with Crippen molar-refractivity contribution in [2.24, 2.45) is 11.5 Å². The number of carbonyl (C=O) groups is 1. The molecule has 0 radical (unpaired) electrons. The third-order valence-corrected chi connectivity index (χ3v) is 1.84. The normalized spacial score (nSPS) is 9.50. The first kappa shape index (κ1) is 12.1. The number of anilines is 1. The lowest BCUT2D eigenvalue weighted by molar-refractivity contribution is 0.249. The molecule has 0 aliphatic carbocycles. The predicted molar refractivity (Wildman–Crippen MR) is 64.0 cm³/mol. The monoisotopic (exact) mass is 240 g/mol. The van der Waals surface area contributed by atoms with Crippen molar-refractivity contribution in [2.45, 2.75) is 0 Å². The van der Waals surface area contributed by atoms with Crippen LogP contribution in [-0.4, -0.2) is 34.1 Å². The summed E-state index contributed by atoms with van der Waals surface area (Å²) in [6.45, 7) is 0.915. The van der Waals surface area contributed by atoms with E-state index in [4.69, 9.17) is 23.7 Å². The van der Waals surface area contributed by atoms with Gasteiger partial charge in [-0.1, -0.05) is 12.2 Å². The van der Waals surface area contributed by atoms with E-state index in [9.17, 15) is 4.79 Å². The highest BCUT2D eigenvalue weighted by Gasteiger charge is 1.99. The number of hydrogen-bond acceptors (Lipinski definition) is 5. The van der Waals surface area contributed by atoms with E-state index in [1.807, 2.05) is 0 Å². The number of hydrogen-bond donors (Lipinski definition) is 4. The van der Waals surface area contributed by atoms with Gasteiger partial charge in [-0.15, -0.1) is 0 Å². The SMILES string of the molecule is NC(=O)NCCNc1cnc(C(N)=S)cn1. The van der Waals surface area contributed by atoms with E-state index < -0.39 is 6.03 Å². The zero-order valence-corrected chi connectivity index (χ0v) is 9.25. The highest BCUT2D eigenvalue weighted by Crippen LogP contribution is 1.99. The number of thiocarbonyl (C=S) groups is 1. The second-order valence-electron chi connectivity index (χ2n) is 2.87. The van der Waals surface area contributed by atoms with Crippen LogP contribution in [0, 0.1) is 0 Å². The maximum absolute atomic E-state index is 10.4. The van der Waals surface area contributed by atoms with Crippen LogP contribution in [0.1, 0.15) is 5.69 Å². The van der Waals surface area contributed by atoms with Crippen LogP contribution in [0.3, 0.4) is 0 Å². The minimum absolute atomic E-state index is 0.203. The molecule has 1 rings (SSSR count). The molecule has 7 nitrogen and oxygen atoms in total. The Kier molecular flexibility index (Phi) is 4.40. The third-order valence-electron chi connectivity index (χ3n) is 1.63. The second-order valence-corrected chi connectivity index (χ2v) is 3.31. The van der Waals surface area contributed by atoms with Gasteiger partial charge < -0.3 is 22.1 Å². The molecule has 0 unspecified atom stereocenters. The van der Waals surface area contributed by atoms with Gasteiger partial charge in [0.15, 0.2) is 0 Å². The molecule has 1 heterocycles. The predicted octanol–water partition coefficient (Wildman–Crippen LogP) is -0.809. The molecule has 0 aliphatic heterocycles. The van der Waals surface area contributed by atoms with Crippen LogP contribution in [0.2, 0.25) is 0 Å². The average molecular weight is 240 g/mol. The molecule has 8 heteroatoms. The van der Waals surface area contributed by atoms with E-state index in [0.29, 0.717) is 24.6 Å². The Morgan fingerprint density at radius 2 is 2.06 bits per heavy atom. The van der Waals surface area contributed by atoms with Gasteiger partial charge in [0.05, 0.1) is 12.4 Å². The highest BCUT2D eigenvalue weighted by atomic mass is 32.1. The van der Waals surface area contributed by atoms with Crippen LogP contribution < -0.4 is 22.1 Å². The van der Waals surface area contributed by atoms with Gasteiger partial charge in [-0.3, -0.25) is 0 Å². The second kappa shape index (κ2) is 5.81. The molecule has 2 amide bonds. The molecule has 0 saturated carbocycles. The summed E-state index contributed by atoms with van der Waals surface area (Å²) in [4.78, 5) is 18.6. The minimum atomic E-state index is -0.559. The molecule has 0 aromatic carbocycles. The number of nitrogens with one attached hydrogen (secondary N) is 2. The van der Waals surface area contributed by atoms with Crippen molar-refractivity contribution in [3.8, 4) is 0 Å². The summed E-state index contributed by atoms with van der Waals surface area (Å²) < 4.78 is 0. The van der Waals surface area contributed by atoms with E-state index in [1.54, 1.807) is 0 Å². The van der Waals surface area contributed by atoms with Gasteiger partial charge >= 0.3 is 6.03 Å². The number of carbonyl (C=O) groups excluding carboxylic acids is 1. The minimum Gasteiger partial charge on any atom is -0.388 e. The van der Waals surface area contributed by atoms with E-state index >= 15 is 0 Å². The number of nitrogens with zero attached hydrogens (tertiary/aromatic N) is 2. The van der Waals surface area contributed by atoms with Crippen LogP contribution in [-0.2, 0) is 0 Å². The Balaban J connectivity index is 2.38. The topological polar surface area (TPSA) is 119 Å². The largest absolute Gasteiger partial charge is 0.388 e. The van der Waals surface area contributed by atoms with Crippen molar-refractivity contribution in [1.29, 1.82) is 0 Å². The number of primary amides is 1. The Hall–Kier alpha value is -1.96. The van der Waals surface area contributed by atoms with Crippen molar-refractivity contribution >= 4 is 29.1 Å². The Morgan fingerprint density at radius 3 is 2.56 bits per heavy atom. The van der Waals surface area contributed by atoms with Gasteiger partial charge in [-0.05, 0) is 0 Å².